The van der Waals surface area contributed by atoms with Gasteiger partial charge in [0.05, 0.1) is 20.3 Å². The van der Waals surface area contributed by atoms with E-state index in [0.717, 1.165) is 27.2 Å². The van der Waals surface area contributed by atoms with Crippen LogP contribution in [0.5, 0.6) is 11.5 Å². The first-order valence-corrected chi connectivity index (χ1v) is 7.41. The van der Waals surface area contributed by atoms with Gasteiger partial charge in [0.2, 0.25) is 0 Å². The Morgan fingerprint density at radius 3 is 2.38 bits per heavy atom. The number of hydrogen-bond acceptors (Lipinski definition) is 4. The van der Waals surface area contributed by atoms with E-state index in [1.54, 1.807) is 14.2 Å². The van der Waals surface area contributed by atoms with Gasteiger partial charge in [-0.25, -0.2) is 0 Å². The Bertz CT molecular complexity index is 587. The molecule has 2 aromatic carbocycles. The Morgan fingerprint density at radius 2 is 1.81 bits per heavy atom. The maximum absolute atomic E-state index is 5.93. The van der Waals surface area contributed by atoms with Crippen LogP contribution in [0.2, 0.25) is 0 Å². The quantitative estimate of drug-likeness (QED) is 0.835. The van der Waals surface area contributed by atoms with Crippen LogP contribution in [0.25, 0.3) is 0 Å². The molecule has 0 saturated carbocycles. The molecule has 0 saturated heterocycles. The van der Waals surface area contributed by atoms with Gasteiger partial charge in [-0.15, -0.1) is 0 Å². The fourth-order valence-corrected chi connectivity index (χ4v) is 2.39. The van der Waals surface area contributed by atoms with Gasteiger partial charge in [-0.05, 0) is 42.5 Å². The van der Waals surface area contributed by atoms with Crippen molar-refractivity contribution in [2.24, 2.45) is 5.73 Å². The number of methoxy groups -OCH3 is 2. The van der Waals surface area contributed by atoms with Crippen LogP contribution < -0.4 is 20.5 Å². The topological polar surface area (TPSA) is 56.5 Å². The molecule has 2 aromatic rings. The van der Waals surface area contributed by atoms with E-state index < -0.39 is 0 Å². The Morgan fingerprint density at radius 1 is 1.10 bits per heavy atom. The van der Waals surface area contributed by atoms with E-state index in [4.69, 9.17) is 15.2 Å². The molecule has 2 rings (SSSR count). The van der Waals surface area contributed by atoms with E-state index in [0.29, 0.717) is 6.54 Å². The molecule has 0 aliphatic rings. The summed E-state index contributed by atoms with van der Waals surface area (Å²) >= 11 is 3.43. The molecule has 4 nitrogen and oxygen atoms in total. The van der Waals surface area contributed by atoms with Crippen LogP contribution in [0.15, 0.2) is 46.9 Å². The minimum absolute atomic E-state index is 0.0591. The number of benzene rings is 2. The van der Waals surface area contributed by atoms with Gasteiger partial charge in [-0.3, -0.25) is 0 Å². The summed E-state index contributed by atoms with van der Waals surface area (Å²) in [6.45, 7) is 0.444. The van der Waals surface area contributed by atoms with Gasteiger partial charge in [-0.1, -0.05) is 15.9 Å². The summed E-state index contributed by atoms with van der Waals surface area (Å²) in [6.07, 6.45) is 0. The van der Waals surface area contributed by atoms with E-state index in [2.05, 4.69) is 21.2 Å². The van der Waals surface area contributed by atoms with Crippen molar-refractivity contribution in [3.8, 4) is 11.5 Å². The molecule has 5 heteroatoms. The van der Waals surface area contributed by atoms with Gasteiger partial charge < -0.3 is 20.5 Å². The molecule has 0 fully saturated rings. The van der Waals surface area contributed by atoms with Gasteiger partial charge in [0, 0.05) is 22.3 Å². The van der Waals surface area contributed by atoms with Gasteiger partial charge >= 0.3 is 0 Å². The summed E-state index contributed by atoms with van der Waals surface area (Å²) in [5.74, 6) is 1.57. The molecule has 0 bridgehead atoms. The SMILES string of the molecule is COc1ccc(OC)c(C(CN)Nc2ccc(Br)cc2)c1. The lowest BCUT2D eigenvalue weighted by atomic mass is 10.0. The van der Waals surface area contributed by atoms with Crippen LogP contribution in [-0.2, 0) is 0 Å². The minimum Gasteiger partial charge on any atom is -0.497 e. The first-order chi connectivity index (χ1) is 10.2. The second kappa shape index (κ2) is 7.33. The Balaban J connectivity index is 2.29. The maximum Gasteiger partial charge on any atom is 0.124 e. The number of hydrogen-bond donors (Lipinski definition) is 2. The van der Waals surface area contributed by atoms with Crippen LogP contribution in [0.4, 0.5) is 5.69 Å². The third-order valence-electron chi connectivity index (χ3n) is 3.23. The van der Waals surface area contributed by atoms with Crippen molar-refractivity contribution in [2.75, 3.05) is 26.1 Å². The lowest BCUT2D eigenvalue weighted by Gasteiger charge is -2.21. The lowest BCUT2D eigenvalue weighted by molar-refractivity contribution is 0.396. The molecular weight excluding hydrogens is 332 g/mol. The molecule has 21 heavy (non-hydrogen) atoms. The predicted molar refractivity (Wildman–Crippen MR) is 89.1 cm³/mol. The zero-order valence-corrected chi connectivity index (χ0v) is 13.7. The summed E-state index contributed by atoms with van der Waals surface area (Å²) in [6, 6.07) is 13.6. The van der Waals surface area contributed by atoms with Crippen LogP contribution >= 0.6 is 15.9 Å². The Hall–Kier alpha value is -1.72. The normalized spacial score (nSPS) is 11.8. The molecule has 0 aliphatic carbocycles. The van der Waals surface area contributed by atoms with Crippen molar-refractivity contribution < 1.29 is 9.47 Å². The van der Waals surface area contributed by atoms with E-state index in [-0.39, 0.29) is 6.04 Å². The summed E-state index contributed by atoms with van der Waals surface area (Å²) < 4.78 is 11.7. The Kier molecular flexibility index (Phi) is 5.47. The maximum atomic E-state index is 5.93. The fraction of sp³-hybridized carbons (Fsp3) is 0.250. The smallest absolute Gasteiger partial charge is 0.124 e. The molecule has 112 valence electrons. The molecular formula is C16H19BrN2O2. The average Bonchev–Trinajstić information content (AvgIpc) is 2.53. The highest BCUT2D eigenvalue weighted by Gasteiger charge is 2.16. The second-order valence-corrected chi connectivity index (χ2v) is 5.46. The van der Waals surface area contributed by atoms with E-state index >= 15 is 0 Å². The second-order valence-electron chi connectivity index (χ2n) is 4.55. The van der Waals surface area contributed by atoms with E-state index in [1.165, 1.54) is 0 Å². The number of halogens is 1. The molecule has 0 amide bonds. The summed E-state index contributed by atoms with van der Waals surface area (Å²) in [5.41, 5.74) is 7.90. The van der Waals surface area contributed by atoms with Crippen LogP contribution in [0, 0.1) is 0 Å². The average molecular weight is 351 g/mol. The third-order valence-corrected chi connectivity index (χ3v) is 3.76. The number of nitrogens with one attached hydrogen (secondary N) is 1. The van der Waals surface area contributed by atoms with Crippen molar-refractivity contribution in [1.82, 2.24) is 0 Å². The first kappa shape index (κ1) is 15.7. The highest BCUT2D eigenvalue weighted by molar-refractivity contribution is 9.10. The summed E-state index contributed by atoms with van der Waals surface area (Å²) in [7, 11) is 3.30. The molecule has 3 N–H and O–H groups in total. The van der Waals surface area contributed by atoms with Gasteiger partial charge in [0.25, 0.3) is 0 Å². The number of nitrogens with two attached hydrogens (primary N) is 1. The lowest BCUT2D eigenvalue weighted by Crippen LogP contribution is -2.21. The van der Waals surface area contributed by atoms with E-state index in [9.17, 15) is 0 Å². The predicted octanol–water partition coefficient (Wildman–Crippen LogP) is 3.58. The fourth-order valence-electron chi connectivity index (χ4n) is 2.12. The number of anilines is 1. The number of rotatable bonds is 6. The van der Waals surface area contributed by atoms with Crippen molar-refractivity contribution >= 4 is 21.6 Å². The van der Waals surface area contributed by atoms with Gasteiger partial charge in [-0.2, -0.15) is 0 Å². The van der Waals surface area contributed by atoms with Crippen molar-refractivity contribution in [3.63, 3.8) is 0 Å². The van der Waals surface area contributed by atoms with Crippen molar-refractivity contribution in [2.45, 2.75) is 6.04 Å². The first-order valence-electron chi connectivity index (χ1n) is 6.62. The van der Waals surface area contributed by atoms with Crippen LogP contribution in [0.3, 0.4) is 0 Å². The van der Waals surface area contributed by atoms with Gasteiger partial charge in [0.15, 0.2) is 0 Å². The Labute approximate surface area is 133 Å². The highest BCUT2D eigenvalue weighted by atomic mass is 79.9. The van der Waals surface area contributed by atoms with Crippen LogP contribution in [-0.4, -0.2) is 20.8 Å². The summed E-state index contributed by atoms with van der Waals surface area (Å²) in [4.78, 5) is 0. The summed E-state index contributed by atoms with van der Waals surface area (Å²) in [5, 5.41) is 3.42. The molecule has 0 aliphatic heterocycles. The molecule has 0 heterocycles. The van der Waals surface area contributed by atoms with Crippen molar-refractivity contribution in [1.29, 1.82) is 0 Å². The third kappa shape index (κ3) is 3.89. The molecule has 0 spiro atoms. The number of ether oxygens (including phenoxy) is 2. The van der Waals surface area contributed by atoms with Crippen LogP contribution in [0.1, 0.15) is 11.6 Å². The molecule has 0 aromatic heterocycles. The minimum atomic E-state index is -0.0591. The largest absolute Gasteiger partial charge is 0.497 e. The van der Waals surface area contributed by atoms with Crippen molar-refractivity contribution in [3.05, 3.63) is 52.5 Å². The monoisotopic (exact) mass is 350 g/mol. The van der Waals surface area contributed by atoms with Gasteiger partial charge in [0.1, 0.15) is 11.5 Å². The molecule has 1 atom stereocenters. The highest BCUT2D eigenvalue weighted by Crippen LogP contribution is 2.31. The molecule has 1 unspecified atom stereocenters. The standard InChI is InChI=1S/C16H19BrN2O2/c1-20-13-7-8-16(21-2)14(9-13)15(10-18)19-12-5-3-11(17)4-6-12/h3-9,15,19H,10,18H2,1-2H3. The van der Waals surface area contributed by atoms with E-state index in [1.807, 2.05) is 42.5 Å². The molecule has 0 radical (unpaired) electrons. The zero-order valence-electron chi connectivity index (χ0n) is 12.1. The zero-order chi connectivity index (χ0) is 15.2.